The average Bonchev–Trinajstić information content (AvgIpc) is 2.89. The lowest BCUT2D eigenvalue weighted by atomic mass is 10.1. The van der Waals surface area contributed by atoms with Crippen molar-refractivity contribution in [2.45, 2.75) is 38.3 Å². The minimum absolute atomic E-state index is 0.0946. The Morgan fingerprint density at radius 1 is 1.47 bits per heavy atom. The van der Waals surface area contributed by atoms with Gasteiger partial charge in [-0.3, -0.25) is 0 Å². The van der Waals surface area contributed by atoms with E-state index in [-0.39, 0.29) is 12.1 Å². The number of methoxy groups -OCH3 is 1. The molecule has 19 heavy (non-hydrogen) atoms. The predicted octanol–water partition coefficient (Wildman–Crippen LogP) is 2.14. The summed E-state index contributed by atoms with van der Waals surface area (Å²) in [5.41, 5.74) is 6.97. The fraction of sp³-hybridized carbons (Fsp3) is 0.600. The first-order valence-corrected chi connectivity index (χ1v) is 6.86. The monoisotopic (exact) mass is 265 g/mol. The van der Waals surface area contributed by atoms with Crippen molar-refractivity contribution in [1.29, 1.82) is 0 Å². The molecule has 0 aliphatic carbocycles. The van der Waals surface area contributed by atoms with E-state index in [0.717, 1.165) is 42.9 Å². The van der Waals surface area contributed by atoms with Gasteiger partial charge in [0.1, 0.15) is 18.1 Å². The molecule has 106 valence electrons. The summed E-state index contributed by atoms with van der Waals surface area (Å²) in [6.07, 6.45) is 3.21. The van der Waals surface area contributed by atoms with Crippen molar-refractivity contribution < 1.29 is 14.2 Å². The maximum Gasteiger partial charge on any atom is 0.122 e. The molecule has 2 atom stereocenters. The van der Waals surface area contributed by atoms with E-state index in [9.17, 15) is 0 Å². The van der Waals surface area contributed by atoms with Crippen molar-refractivity contribution in [3.63, 3.8) is 0 Å². The molecule has 1 aromatic carbocycles. The van der Waals surface area contributed by atoms with E-state index < -0.39 is 0 Å². The smallest absolute Gasteiger partial charge is 0.122 e. The van der Waals surface area contributed by atoms with Crippen LogP contribution in [0.2, 0.25) is 0 Å². The van der Waals surface area contributed by atoms with Crippen LogP contribution in [0.3, 0.4) is 0 Å². The van der Waals surface area contributed by atoms with Gasteiger partial charge in [-0.15, -0.1) is 0 Å². The zero-order valence-electron chi connectivity index (χ0n) is 11.7. The molecule has 1 fully saturated rings. The van der Waals surface area contributed by atoms with Crippen LogP contribution in [0.15, 0.2) is 18.2 Å². The zero-order valence-corrected chi connectivity index (χ0v) is 11.7. The molecule has 2 N–H and O–H groups in total. The Labute approximate surface area is 114 Å². The van der Waals surface area contributed by atoms with Crippen LogP contribution in [-0.2, 0) is 11.2 Å². The highest BCUT2D eigenvalue weighted by Crippen LogP contribution is 2.26. The Balaban J connectivity index is 2.04. The Kier molecular flexibility index (Phi) is 5.05. The maximum atomic E-state index is 5.89. The summed E-state index contributed by atoms with van der Waals surface area (Å²) in [5, 5.41) is 0. The Morgan fingerprint density at radius 3 is 2.95 bits per heavy atom. The molecule has 1 saturated heterocycles. The normalized spacial score (nSPS) is 20.3. The minimum atomic E-state index is 0.0946. The molecule has 0 aromatic heterocycles. The molecule has 0 spiro atoms. The van der Waals surface area contributed by atoms with Gasteiger partial charge in [0.25, 0.3) is 0 Å². The van der Waals surface area contributed by atoms with Crippen LogP contribution < -0.4 is 15.2 Å². The van der Waals surface area contributed by atoms with Crippen molar-refractivity contribution >= 4 is 0 Å². The number of hydrogen-bond donors (Lipinski definition) is 1. The van der Waals surface area contributed by atoms with Crippen molar-refractivity contribution in [2.75, 3.05) is 20.3 Å². The number of nitrogens with two attached hydrogens (primary N) is 1. The van der Waals surface area contributed by atoms with Gasteiger partial charge in [0.2, 0.25) is 0 Å². The van der Waals surface area contributed by atoms with E-state index in [1.807, 2.05) is 25.1 Å². The first kappa shape index (κ1) is 14.2. The van der Waals surface area contributed by atoms with Crippen molar-refractivity contribution in [2.24, 2.45) is 5.73 Å². The quantitative estimate of drug-likeness (QED) is 0.856. The summed E-state index contributed by atoms with van der Waals surface area (Å²) in [6, 6.07) is 5.95. The van der Waals surface area contributed by atoms with E-state index in [4.69, 9.17) is 19.9 Å². The topological polar surface area (TPSA) is 53.7 Å². The number of hydrogen-bond acceptors (Lipinski definition) is 4. The zero-order chi connectivity index (χ0) is 13.7. The summed E-state index contributed by atoms with van der Waals surface area (Å²) in [7, 11) is 1.66. The number of benzene rings is 1. The summed E-state index contributed by atoms with van der Waals surface area (Å²) < 4.78 is 16.7. The van der Waals surface area contributed by atoms with Crippen molar-refractivity contribution in [1.82, 2.24) is 0 Å². The van der Waals surface area contributed by atoms with Gasteiger partial charge in [0.05, 0.1) is 13.2 Å². The molecule has 0 saturated carbocycles. The Morgan fingerprint density at radius 2 is 2.32 bits per heavy atom. The third-order valence-electron chi connectivity index (χ3n) is 3.26. The molecule has 1 aliphatic heterocycles. The van der Waals surface area contributed by atoms with Crippen molar-refractivity contribution in [3.8, 4) is 11.5 Å². The summed E-state index contributed by atoms with van der Waals surface area (Å²) in [5.74, 6) is 1.72. The number of ether oxygens (including phenoxy) is 3. The van der Waals surface area contributed by atoms with Gasteiger partial charge in [0, 0.05) is 12.6 Å². The van der Waals surface area contributed by atoms with Crippen LogP contribution in [0.4, 0.5) is 0 Å². The molecular weight excluding hydrogens is 242 g/mol. The van der Waals surface area contributed by atoms with Gasteiger partial charge in [-0.1, -0.05) is 0 Å². The molecule has 4 heteroatoms. The predicted molar refractivity (Wildman–Crippen MR) is 74.8 cm³/mol. The van der Waals surface area contributed by atoms with Crippen molar-refractivity contribution in [3.05, 3.63) is 23.8 Å². The molecule has 1 aromatic rings. The van der Waals surface area contributed by atoms with E-state index in [1.54, 1.807) is 7.11 Å². The van der Waals surface area contributed by atoms with Gasteiger partial charge in [-0.25, -0.2) is 0 Å². The van der Waals surface area contributed by atoms with Crippen LogP contribution in [0.1, 0.15) is 25.3 Å². The lowest BCUT2D eigenvalue weighted by Gasteiger charge is -2.16. The molecule has 2 unspecified atom stereocenters. The van der Waals surface area contributed by atoms with Crippen LogP contribution in [0, 0.1) is 0 Å². The van der Waals surface area contributed by atoms with Gasteiger partial charge < -0.3 is 19.9 Å². The fourth-order valence-corrected chi connectivity index (χ4v) is 2.29. The summed E-state index contributed by atoms with van der Waals surface area (Å²) >= 11 is 0. The lowest BCUT2D eigenvalue weighted by molar-refractivity contribution is 0.0676. The second-order valence-corrected chi connectivity index (χ2v) is 5.10. The average molecular weight is 265 g/mol. The van der Waals surface area contributed by atoms with Gasteiger partial charge in [-0.2, -0.15) is 0 Å². The first-order valence-electron chi connectivity index (χ1n) is 6.86. The highest BCUT2D eigenvalue weighted by Gasteiger charge is 2.17. The van der Waals surface area contributed by atoms with E-state index >= 15 is 0 Å². The largest absolute Gasteiger partial charge is 0.497 e. The van der Waals surface area contributed by atoms with Gasteiger partial charge in [-0.05, 0) is 49.9 Å². The first-order chi connectivity index (χ1) is 9.19. The SMILES string of the molecule is COc1ccc(OCC2CCCO2)c(CC(C)N)c1. The van der Waals surface area contributed by atoms with Crippen LogP contribution in [-0.4, -0.2) is 32.5 Å². The van der Waals surface area contributed by atoms with E-state index in [1.165, 1.54) is 0 Å². The van der Waals surface area contributed by atoms with E-state index in [2.05, 4.69) is 0 Å². The second-order valence-electron chi connectivity index (χ2n) is 5.10. The molecule has 1 heterocycles. The highest BCUT2D eigenvalue weighted by molar-refractivity contribution is 5.40. The minimum Gasteiger partial charge on any atom is -0.497 e. The summed E-state index contributed by atoms with van der Waals surface area (Å²) in [6.45, 7) is 3.45. The third kappa shape index (κ3) is 4.11. The molecule has 2 rings (SSSR count). The maximum absolute atomic E-state index is 5.89. The van der Waals surface area contributed by atoms with E-state index in [0.29, 0.717) is 6.61 Å². The summed E-state index contributed by atoms with van der Waals surface area (Å²) in [4.78, 5) is 0. The Bertz CT molecular complexity index is 400. The molecule has 0 bridgehead atoms. The molecule has 1 aliphatic rings. The second kappa shape index (κ2) is 6.78. The van der Waals surface area contributed by atoms with Crippen LogP contribution >= 0.6 is 0 Å². The molecule has 4 nitrogen and oxygen atoms in total. The lowest BCUT2D eigenvalue weighted by Crippen LogP contribution is -2.20. The molecular formula is C15H23NO3. The third-order valence-corrected chi connectivity index (χ3v) is 3.26. The Hall–Kier alpha value is -1.26. The molecule has 0 radical (unpaired) electrons. The van der Waals surface area contributed by atoms with Crippen LogP contribution in [0.5, 0.6) is 11.5 Å². The fourth-order valence-electron chi connectivity index (χ4n) is 2.29. The van der Waals surface area contributed by atoms with Gasteiger partial charge >= 0.3 is 0 Å². The van der Waals surface area contributed by atoms with Crippen LogP contribution in [0.25, 0.3) is 0 Å². The highest BCUT2D eigenvalue weighted by atomic mass is 16.5. The molecule has 0 amide bonds. The van der Waals surface area contributed by atoms with Gasteiger partial charge in [0.15, 0.2) is 0 Å². The standard InChI is InChI=1S/C15H23NO3/c1-11(16)8-12-9-13(17-2)5-6-15(12)19-10-14-4-3-7-18-14/h5-6,9,11,14H,3-4,7-8,10,16H2,1-2H3. The number of rotatable bonds is 6.